The van der Waals surface area contributed by atoms with Gasteiger partial charge in [0.1, 0.15) is 0 Å². The Kier molecular flexibility index (Phi) is 4.31. The minimum absolute atomic E-state index is 0.0810. The second kappa shape index (κ2) is 5.60. The van der Waals surface area contributed by atoms with Crippen molar-refractivity contribution >= 4 is 11.6 Å². The van der Waals surface area contributed by atoms with E-state index >= 15 is 0 Å². The second-order valence-corrected chi connectivity index (χ2v) is 5.94. The highest BCUT2D eigenvalue weighted by Crippen LogP contribution is 2.42. The molecule has 100 valence electrons. The first kappa shape index (κ1) is 13.9. The van der Waals surface area contributed by atoms with Crippen LogP contribution in [0.3, 0.4) is 0 Å². The summed E-state index contributed by atoms with van der Waals surface area (Å²) in [5, 5.41) is 0.745. The third kappa shape index (κ3) is 2.71. The molecule has 2 N–H and O–H groups in total. The summed E-state index contributed by atoms with van der Waals surface area (Å²) in [6.07, 6.45) is 4.54. The second-order valence-electron chi connectivity index (χ2n) is 5.50. The van der Waals surface area contributed by atoms with Gasteiger partial charge in [-0.05, 0) is 36.5 Å². The first-order chi connectivity index (χ1) is 8.57. The van der Waals surface area contributed by atoms with Gasteiger partial charge in [0.25, 0.3) is 0 Å². The largest absolute Gasteiger partial charge is 0.376 e. The molecule has 3 unspecified atom stereocenters. The Labute approximate surface area is 114 Å². The van der Waals surface area contributed by atoms with E-state index in [1.54, 1.807) is 7.11 Å². The summed E-state index contributed by atoms with van der Waals surface area (Å²) in [7, 11) is 1.79. The average Bonchev–Trinajstić information content (AvgIpc) is 2.38. The number of methoxy groups -OCH3 is 1. The Bertz CT molecular complexity index is 392. The smallest absolute Gasteiger partial charge is 0.0872 e. The number of rotatable bonds is 3. The number of benzene rings is 1. The summed E-state index contributed by atoms with van der Waals surface area (Å²) >= 11 is 5.92. The molecule has 0 bridgehead atoms. The van der Waals surface area contributed by atoms with Gasteiger partial charge in [-0.1, -0.05) is 43.5 Å². The maximum atomic E-state index is 6.46. The normalized spacial score (nSPS) is 30.1. The average molecular weight is 268 g/mol. The van der Waals surface area contributed by atoms with Gasteiger partial charge >= 0.3 is 0 Å². The maximum Gasteiger partial charge on any atom is 0.0872 e. The first-order valence-electron chi connectivity index (χ1n) is 6.63. The highest BCUT2D eigenvalue weighted by molar-refractivity contribution is 6.30. The van der Waals surface area contributed by atoms with E-state index in [0.717, 1.165) is 23.4 Å². The van der Waals surface area contributed by atoms with E-state index in [2.05, 4.69) is 6.92 Å². The van der Waals surface area contributed by atoms with Crippen LogP contribution >= 0.6 is 11.6 Å². The number of nitrogens with two attached hydrogens (primary N) is 1. The van der Waals surface area contributed by atoms with Gasteiger partial charge in [0.15, 0.2) is 0 Å². The van der Waals surface area contributed by atoms with Crippen molar-refractivity contribution < 1.29 is 4.74 Å². The van der Waals surface area contributed by atoms with Crippen molar-refractivity contribution in [3.8, 4) is 0 Å². The van der Waals surface area contributed by atoms with Crippen LogP contribution in [0.5, 0.6) is 0 Å². The lowest BCUT2D eigenvalue weighted by Crippen LogP contribution is -2.46. The molecule has 0 saturated heterocycles. The summed E-state index contributed by atoms with van der Waals surface area (Å²) in [6, 6.07) is 7.72. The molecule has 0 spiro atoms. The van der Waals surface area contributed by atoms with Crippen LogP contribution in [0.2, 0.25) is 5.02 Å². The minimum Gasteiger partial charge on any atom is -0.376 e. The molecule has 1 aliphatic rings. The topological polar surface area (TPSA) is 35.2 Å². The Morgan fingerprint density at radius 2 is 2.06 bits per heavy atom. The van der Waals surface area contributed by atoms with Gasteiger partial charge in [-0.15, -0.1) is 0 Å². The molecule has 1 saturated carbocycles. The minimum atomic E-state index is -0.217. The molecular weight excluding hydrogens is 246 g/mol. The highest BCUT2D eigenvalue weighted by Gasteiger charge is 2.41. The lowest BCUT2D eigenvalue weighted by molar-refractivity contribution is -0.0718. The van der Waals surface area contributed by atoms with Gasteiger partial charge < -0.3 is 10.5 Å². The maximum absolute atomic E-state index is 6.46. The predicted octanol–water partition coefficient (Wildman–Crippen LogP) is 3.94. The van der Waals surface area contributed by atoms with Crippen LogP contribution in [0.15, 0.2) is 24.3 Å². The van der Waals surface area contributed by atoms with Crippen LogP contribution in [0.1, 0.15) is 44.2 Å². The summed E-state index contributed by atoms with van der Waals surface area (Å²) in [5.41, 5.74) is 7.35. The fourth-order valence-corrected chi connectivity index (χ4v) is 3.24. The van der Waals surface area contributed by atoms with E-state index in [1.165, 1.54) is 12.8 Å². The van der Waals surface area contributed by atoms with Crippen LogP contribution in [0.4, 0.5) is 0 Å². The van der Waals surface area contributed by atoms with Crippen molar-refractivity contribution in [3.05, 3.63) is 34.9 Å². The molecule has 0 amide bonds. The molecule has 0 heterocycles. The molecule has 2 nitrogen and oxygen atoms in total. The molecule has 3 atom stereocenters. The molecule has 18 heavy (non-hydrogen) atoms. The third-order valence-corrected chi connectivity index (χ3v) is 4.45. The van der Waals surface area contributed by atoms with E-state index in [1.807, 2.05) is 24.3 Å². The van der Waals surface area contributed by atoms with E-state index in [-0.39, 0.29) is 11.6 Å². The fourth-order valence-electron chi connectivity index (χ4n) is 3.11. The number of hydrogen-bond donors (Lipinski definition) is 1. The molecule has 1 fully saturated rings. The zero-order valence-corrected chi connectivity index (χ0v) is 11.9. The molecule has 2 rings (SSSR count). The summed E-state index contributed by atoms with van der Waals surface area (Å²) in [6.45, 7) is 2.28. The van der Waals surface area contributed by atoms with E-state index in [4.69, 9.17) is 22.1 Å². The quantitative estimate of drug-likeness (QED) is 0.900. The zero-order chi connectivity index (χ0) is 13.2. The van der Waals surface area contributed by atoms with Gasteiger partial charge in [0.05, 0.1) is 11.6 Å². The molecular formula is C15H22ClNO. The number of hydrogen-bond acceptors (Lipinski definition) is 2. The van der Waals surface area contributed by atoms with Crippen molar-refractivity contribution in [1.82, 2.24) is 0 Å². The standard InChI is InChI=1S/C15H22ClNO/c1-11-4-3-9-15(10-11,18-2)14(17)12-5-7-13(16)8-6-12/h5-8,11,14H,3-4,9-10,17H2,1-2H3. The van der Waals surface area contributed by atoms with Gasteiger partial charge in [-0.25, -0.2) is 0 Å². The molecule has 1 aliphatic carbocycles. The first-order valence-corrected chi connectivity index (χ1v) is 7.01. The zero-order valence-electron chi connectivity index (χ0n) is 11.2. The highest BCUT2D eigenvalue weighted by atomic mass is 35.5. The molecule has 0 aromatic heterocycles. The van der Waals surface area contributed by atoms with Gasteiger partial charge in [0, 0.05) is 12.1 Å². The monoisotopic (exact) mass is 267 g/mol. The van der Waals surface area contributed by atoms with Crippen molar-refractivity contribution in [2.24, 2.45) is 11.7 Å². The van der Waals surface area contributed by atoms with Gasteiger partial charge in [-0.3, -0.25) is 0 Å². The SMILES string of the molecule is COC1(C(N)c2ccc(Cl)cc2)CCCC(C)C1. The van der Waals surface area contributed by atoms with Crippen LogP contribution < -0.4 is 5.73 Å². The van der Waals surface area contributed by atoms with Crippen molar-refractivity contribution in [2.45, 2.75) is 44.2 Å². The number of halogens is 1. The Morgan fingerprint density at radius 3 is 2.61 bits per heavy atom. The lowest BCUT2D eigenvalue weighted by atomic mass is 9.73. The summed E-state index contributed by atoms with van der Waals surface area (Å²) in [4.78, 5) is 0. The summed E-state index contributed by atoms with van der Waals surface area (Å²) < 4.78 is 5.84. The predicted molar refractivity (Wildman–Crippen MR) is 75.8 cm³/mol. The fraction of sp³-hybridized carbons (Fsp3) is 0.600. The Balaban J connectivity index is 2.23. The van der Waals surface area contributed by atoms with E-state index in [0.29, 0.717) is 5.92 Å². The van der Waals surface area contributed by atoms with Gasteiger partial charge in [0.2, 0.25) is 0 Å². The van der Waals surface area contributed by atoms with Crippen LogP contribution in [-0.4, -0.2) is 12.7 Å². The molecule has 0 radical (unpaired) electrons. The molecule has 1 aromatic carbocycles. The van der Waals surface area contributed by atoms with Crippen molar-refractivity contribution in [1.29, 1.82) is 0 Å². The van der Waals surface area contributed by atoms with Gasteiger partial charge in [-0.2, -0.15) is 0 Å². The van der Waals surface area contributed by atoms with Crippen LogP contribution in [-0.2, 0) is 4.74 Å². The van der Waals surface area contributed by atoms with E-state index in [9.17, 15) is 0 Å². The van der Waals surface area contributed by atoms with Crippen LogP contribution in [0, 0.1) is 5.92 Å². The number of ether oxygens (including phenoxy) is 1. The third-order valence-electron chi connectivity index (χ3n) is 4.19. The van der Waals surface area contributed by atoms with Crippen molar-refractivity contribution in [2.75, 3.05) is 7.11 Å². The Morgan fingerprint density at radius 1 is 1.39 bits per heavy atom. The lowest BCUT2D eigenvalue weighted by Gasteiger charge is -2.43. The van der Waals surface area contributed by atoms with Crippen LogP contribution in [0.25, 0.3) is 0 Å². The van der Waals surface area contributed by atoms with E-state index < -0.39 is 0 Å². The Hall–Kier alpha value is -0.570. The molecule has 1 aromatic rings. The molecule has 0 aliphatic heterocycles. The molecule has 3 heteroatoms. The van der Waals surface area contributed by atoms with Crippen molar-refractivity contribution in [3.63, 3.8) is 0 Å². The summed E-state index contributed by atoms with van der Waals surface area (Å²) in [5.74, 6) is 0.678.